The van der Waals surface area contributed by atoms with Crippen molar-refractivity contribution in [2.75, 3.05) is 26.9 Å². The highest BCUT2D eigenvalue weighted by atomic mass is 35.5. The Morgan fingerprint density at radius 1 is 1.14 bits per heavy atom. The number of hydrogen-bond donors (Lipinski definition) is 1. The Morgan fingerprint density at radius 2 is 1.78 bits per heavy atom. The van der Waals surface area contributed by atoms with E-state index in [0.717, 1.165) is 5.56 Å². The third-order valence-corrected chi connectivity index (χ3v) is 11.3. The Hall–Kier alpha value is -2.72. The van der Waals surface area contributed by atoms with Crippen LogP contribution in [0.3, 0.4) is 0 Å². The van der Waals surface area contributed by atoms with Crippen molar-refractivity contribution in [2.24, 2.45) is 0 Å². The number of ether oxygens (including phenoxy) is 1. The zero-order chi connectivity index (χ0) is 26.5. The SMILES string of the molecule is COc1ccc(-c2noc([C@H](CO[Si](C)(C)C(C)(C)C)N(CCO)C(=O)c3ccc(Cl)cc3)n2)cc1. The minimum Gasteiger partial charge on any atom is -0.497 e. The smallest absolute Gasteiger partial charge is 0.254 e. The summed E-state index contributed by atoms with van der Waals surface area (Å²) in [6.07, 6.45) is 0. The molecule has 3 aromatic rings. The third-order valence-electron chi connectivity index (χ3n) is 6.55. The summed E-state index contributed by atoms with van der Waals surface area (Å²) in [6, 6.07) is 13.2. The van der Waals surface area contributed by atoms with Gasteiger partial charge in [-0.15, -0.1) is 0 Å². The number of nitrogens with zero attached hydrogens (tertiary/aromatic N) is 3. The summed E-state index contributed by atoms with van der Waals surface area (Å²) in [5.41, 5.74) is 1.17. The fraction of sp³-hybridized carbons (Fsp3) is 0.423. The number of hydrogen-bond acceptors (Lipinski definition) is 7. The number of rotatable bonds is 10. The van der Waals surface area contributed by atoms with Gasteiger partial charge in [-0.05, 0) is 66.7 Å². The lowest BCUT2D eigenvalue weighted by Crippen LogP contribution is -2.45. The number of halogens is 1. The topological polar surface area (TPSA) is 97.9 Å². The van der Waals surface area contributed by atoms with Crippen LogP contribution in [-0.2, 0) is 4.43 Å². The van der Waals surface area contributed by atoms with Crippen molar-refractivity contribution in [2.45, 2.75) is 44.9 Å². The van der Waals surface area contributed by atoms with E-state index in [-0.39, 0.29) is 36.6 Å². The van der Waals surface area contributed by atoms with Crippen LogP contribution in [0.25, 0.3) is 11.4 Å². The molecule has 1 heterocycles. The zero-order valence-corrected chi connectivity index (χ0v) is 23.4. The summed E-state index contributed by atoms with van der Waals surface area (Å²) < 4.78 is 17.4. The molecule has 1 N–H and O–H groups in total. The van der Waals surface area contributed by atoms with E-state index in [1.807, 2.05) is 24.3 Å². The molecule has 1 aromatic heterocycles. The van der Waals surface area contributed by atoms with Crippen molar-refractivity contribution in [1.82, 2.24) is 15.0 Å². The highest BCUT2D eigenvalue weighted by molar-refractivity contribution is 6.74. The molecular formula is C26H34ClN3O5Si. The van der Waals surface area contributed by atoms with Gasteiger partial charge in [-0.25, -0.2) is 0 Å². The van der Waals surface area contributed by atoms with Gasteiger partial charge in [-0.2, -0.15) is 4.98 Å². The molecule has 0 saturated heterocycles. The molecule has 0 saturated carbocycles. The van der Waals surface area contributed by atoms with E-state index >= 15 is 0 Å². The van der Waals surface area contributed by atoms with E-state index in [4.69, 9.17) is 25.3 Å². The maximum Gasteiger partial charge on any atom is 0.254 e. The molecule has 1 amide bonds. The van der Waals surface area contributed by atoms with Gasteiger partial charge < -0.3 is 23.7 Å². The van der Waals surface area contributed by atoms with Gasteiger partial charge >= 0.3 is 0 Å². The maximum atomic E-state index is 13.6. The first kappa shape index (κ1) is 27.9. The monoisotopic (exact) mass is 531 g/mol. The summed E-state index contributed by atoms with van der Waals surface area (Å²) >= 11 is 6.02. The molecule has 0 radical (unpaired) electrons. The van der Waals surface area contributed by atoms with Gasteiger partial charge in [0.25, 0.3) is 11.8 Å². The van der Waals surface area contributed by atoms with Crippen LogP contribution in [0.1, 0.15) is 43.1 Å². The molecule has 1 atom stereocenters. The summed E-state index contributed by atoms with van der Waals surface area (Å²) in [4.78, 5) is 19.7. The summed E-state index contributed by atoms with van der Waals surface area (Å²) in [5.74, 6) is 1.03. The number of aliphatic hydroxyl groups is 1. The molecule has 194 valence electrons. The highest BCUT2D eigenvalue weighted by Crippen LogP contribution is 2.38. The first-order valence-corrected chi connectivity index (χ1v) is 15.0. The number of benzene rings is 2. The second kappa shape index (κ2) is 11.6. The Bertz CT molecular complexity index is 1140. The fourth-order valence-electron chi connectivity index (χ4n) is 3.29. The number of aliphatic hydroxyl groups excluding tert-OH is 1. The Kier molecular flexibility index (Phi) is 8.94. The standard InChI is InChI=1S/C26H34ClN3O5Si/c1-26(2,3)36(5,6)34-17-22(30(15-16-31)25(32)19-7-11-20(27)12-8-19)24-28-23(29-35-24)18-9-13-21(33-4)14-10-18/h7-14,22,31H,15-17H2,1-6H3/t22-/m0/s1. The van der Waals surface area contributed by atoms with Crippen molar-refractivity contribution < 1.29 is 23.6 Å². The first-order chi connectivity index (χ1) is 17.0. The number of methoxy groups -OCH3 is 1. The molecule has 0 aliphatic carbocycles. The van der Waals surface area contributed by atoms with Gasteiger partial charge in [-0.3, -0.25) is 4.79 Å². The minimum atomic E-state index is -2.18. The van der Waals surface area contributed by atoms with E-state index in [0.29, 0.717) is 22.2 Å². The summed E-state index contributed by atoms with van der Waals surface area (Å²) in [6.45, 7) is 10.7. The van der Waals surface area contributed by atoms with Gasteiger partial charge in [-0.1, -0.05) is 37.5 Å². The first-order valence-electron chi connectivity index (χ1n) is 11.8. The lowest BCUT2D eigenvalue weighted by atomic mass is 10.1. The van der Waals surface area contributed by atoms with E-state index in [2.05, 4.69) is 44.0 Å². The average molecular weight is 532 g/mol. The largest absolute Gasteiger partial charge is 0.497 e. The van der Waals surface area contributed by atoms with Gasteiger partial charge in [0, 0.05) is 22.7 Å². The quantitative estimate of drug-likeness (QED) is 0.340. The van der Waals surface area contributed by atoms with Crippen molar-refractivity contribution in [3.63, 3.8) is 0 Å². The Labute approximate surface area is 218 Å². The molecule has 0 aliphatic rings. The van der Waals surface area contributed by atoms with Crippen molar-refractivity contribution >= 4 is 25.8 Å². The normalized spacial score (nSPS) is 12.9. The van der Waals surface area contributed by atoms with Crippen LogP contribution in [0.5, 0.6) is 5.75 Å². The molecule has 10 heteroatoms. The molecule has 0 unspecified atom stereocenters. The summed E-state index contributed by atoms with van der Waals surface area (Å²) in [5, 5.41) is 14.5. The molecule has 36 heavy (non-hydrogen) atoms. The number of amides is 1. The number of carbonyl (C=O) groups is 1. The molecule has 0 bridgehead atoms. The van der Waals surface area contributed by atoms with Crippen LogP contribution in [0, 0.1) is 0 Å². The van der Waals surface area contributed by atoms with Crippen LogP contribution >= 0.6 is 11.6 Å². The maximum absolute atomic E-state index is 13.6. The highest BCUT2D eigenvalue weighted by Gasteiger charge is 2.40. The second-order valence-electron chi connectivity index (χ2n) is 10.0. The Morgan fingerprint density at radius 3 is 2.33 bits per heavy atom. The Balaban J connectivity index is 1.99. The van der Waals surface area contributed by atoms with Crippen LogP contribution in [0.15, 0.2) is 53.1 Å². The van der Waals surface area contributed by atoms with Crippen molar-refractivity contribution in [1.29, 1.82) is 0 Å². The van der Waals surface area contributed by atoms with Crippen LogP contribution < -0.4 is 4.74 Å². The molecule has 3 rings (SSSR count). The third kappa shape index (κ3) is 6.53. The van der Waals surface area contributed by atoms with Crippen LogP contribution in [0.4, 0.5) is 0 Å². The number of aromatic nitrogens is 2. The molecular weight excluding hydrogens is 498 g/mol. The van der Waals surface area contributed by atoms with E-state index in [9.17, 15) is 9.90 Å². The molecule has 8 nitrogen and oxygen atoms in total. The fourth-order valence-corrected chi connectivity index (χ4v) is 4.42. The molecule has 2 aromatic carbocycles. The van der Waals surface area contributed by atoms with Crippen LogP contribution in [-0.4, -0.2) is 61.2 Å². The molecule has 0 spiro atoms. The van der Waals surface area contributed by atoms with Gasteiger partial charge in [0.15, 0.2) is 8.32 Å². The average Bonchev–Trinajstić information content (AvgIpc) is 3.33. The number of carbonyl (C=O) groups excluding carboxylic acids is 1. The van der Waals surface area contributed by atoms with Gasteiger partial charge in [0.05, 0.1) is 20.3 Å². The van der Waals surface area contributed by atoms with E-state index in [1.54, 1.807) is 31.4 Å². The predicted molar refractivity (Wildman–Crippen MR) is 142 cm³/mol. The van der Waals surface area contributed by atoms with Gasteiger partial charge in [0.2, 0.25) is 5.82 Å². The van der Waals surface area contributed by atoms with Crippen molar-refractivity contribution in [3.05, 3.63) is 65.0 Å². The van der Waals surface area contributed by atoms with Crippen LogP contribution in [0.2, 0.25) is 23.2 Å². The summed E-state index contributed by atoms with van der Waals surface area (Å²) in [7, 11) is -0.581. The minimum absolute atomic E-state index is 0.0390. The molecule has 0 aliphatic heterocycles. The predicted octanol–water partition coefficient (Wildman–Crippen LogP) is 5.60. The molecule has 0 fully saturated rings. The zero-order valence-electron chi connectivity index (χ0n) is 21.6. The van der Waals surface area contributed by atoms with E-state index in [1.165, 1.54) is 4.90 Å². The lowest BCUT2D eigenvalue weighted by Gasteiger charge is -2.38. The second-order valence-corrected chi connectivity index (χ2v) is 15.2. The van der Waals surface area contributed by atoms with E-state index < -0.39 is 14.4 Å². The lowest BCUT2D eigenvalue weighted by molar-refractivity contribution is 0.0487. The van der Waals surface area contributed by atoms with Crippen molar-refractivity contribution in [3.8, 4) is 17.1 Å². The van der Waals surface area contributed by atoms with Gasteiger partial charge in [0.1, 0.15) is 11.8 Å².